The van der Waals surface area contributed by atoms with E-state index < -0.39 is 0 Å². The molecule has 0 heterocycles. The summed E-state index contributed by atoms with van der Waals surface area (Å²) in [5.41, 5.74) is 1.83. The summed E-state index contributed by atoms with van der Waals surface area (Å²) in [6.07, 6.45) is 0. The Labute approximate surface area is 125 Å². The Morgan fingerprint density at radius 3 is 2.25 bits per heavy atom. The van der Waals surface area contributed by atoms with E-state index in [4.69, 9.17) is 0 Å². The number of rotatable bonds is 3. The Hall–Kier alpha value is -2.14. The predicted molar refractivity (Wildman–Crippen MR) is 82.8 cm³/mol. The highest BCUT2D eigenvalue weighted by Crippen LogP contribution is 2.17. The van der Waals surface area contributed by atoms with Crippen LogP contribution in [0.4, 0.5) is 11.4 Å². The monoisotopic (exact) mass is 332 g/mol. The van der Waals surface area contributed by atoms with Crippen LogP contribution in [0.5, 0.6) is 0 Å². The summed E-state index contributed by atoms with van der Waals surface area (Å²) in [5, 5.41) is 5.46. The molecule has 2 N–H and O–H groups in total. The molecule has 5 heteroatoms. The number of hydrogen-bond acceptors (Lipinski definition) is 2. The van der Waals surface area contributed by atoms with Gasteiger partial charge in [-0.2, -0.15) is 0 Å². The average Bonchev–Trinajstić information content (AvgIpc) is 2.38. The van der Waals surface area contributed by atoms with Crippen LogP contribution in [0.2, 0.25) is 0 Å². The largest absolute Gasteiger partial charge is 0.326 e. The zero-order valence-electron chi connectivity index (χ0n) is 10.8. The molecular weight excluding hydrogens is 320 g/mol. The molecule has 0 bridgehead atoms. The molecule has 2 rings (SSSR count). The highest BCUT2D eigenvalue weighted by molar-refractivity contribution is 9.10. The van der Waals surface area contributed by atoms with Gasteiger partial charge in [-0.3, -0.25) is 9.59 Å². The van der Waals surface area contributed by atoms with Gasteiger partial charge < -0.3 is 10.6 Å². The molecule has 0 aromatic heterocycles. The van der Waals surface area contributed by atoms with Crippen LogP contribution in [0, 0.1) is 0 Å². The minimum absolute atomic E-state index is 0.152. The van der Waals surface area contributed by atoms with Crippen LogP contribution in [0.1, 0.15) is 17.3 Å². The Kier molecular flexibility index (Phi) is 4.53. The van der Waals surface area contributed by atoms with Gasteiger partial charge in [0.1, 0.15) is 0 Å². The van der Waals surface area contributed by atoms with Gasteiger partial charge in [-0.1, -0.05) is 28.1 Å². The number of amides is 2. The van der Waals surface area contributed by atoms with Crippen molar-refractivity contribution < 1.29 is 9.59 Å². The van der Waals surface area contributed by atoms with E-state index in [-0.39, 0.29) is 11.8 Å². The van der Waals surface area contributed by atoms with E-state index in [2.05, 4.69) is 26.6 Å². The first kappa shape index (κ1) is 14.3. The standard InChI is InChI=1S/C15H13BrN2O2/c1-10(19)17-13-6-3-7-14(9-13)18-15(20)11-4-2-5-12(16)8-11/h2-9H,1H3,(H,17,19)(H,18,20). The van der Waals surface area contributed by atoms with Crippen LogP contribution in [0.3, 0.4) is 0 Å². The molecule has 0 saturated carbocycles. The Morgan fingerprint density at radius 2 is 1.60 bits per heavy atom. The second kappa shape index (κ2) is 6.34. The Bertz CT molecular complexity index is 656. The molecule has 4 nitrogen and oxygen atoms in total. The van der Waals surface area contributed by atoms with Crippen molar-refractivity contribution in [1.29, 1.82) is 0 Å². The fraction of sp³-hybridized carbons (Fsp3) is 0.0667. The normalized spacial score (nSPS) is 9.90. The lowest BCUT2D eigenvalue weighted by Gasteiger charge is -2.08. The molecule has 20 heavy (non-hydrogen) atoms. The van der Waals surface area contributed by atoms with Gasteiger partial charge in [0.25, 0.3) is 5.91 Å². The van der Waals surface area contributed by atoms with Crippen molar-refractivity contribution in [3.63, 3.8) is 0 Å². The first-order chi connectivity index (χ1) is 9.54. The maximum absolute atomic E-state index is 12.1. The highest BCUT2D eigenvalue weighted by atomic mass is 79.9. The number of carbonyl (C=O) groups excluding carboxylic acids is 2. The topological polar surface area (TPSA) is 58.2 Å². The molecule has 0 unspecified atom stereocenters. The van der Waals surface area contributed by atoms with Gasteiger partial charge in [0.15, 0.2) is 0 Å². The maximum Gasteiger partial charge on any atom is 0.255 e. The molecule has 0 atom stereocenters. The summed E-state index contributed by atoms with van der Waals surface area (Å²) in [5.74, 6) is -0.355. The fourth-order valence-corrected chi connectivity index (χ4v) is 2.11. The first-order valence-corrected chi connectivity index (χ1v) is 6.78. The second-order valence-electron chi connectivity index (χ2n) is 4.23. The average molecular weight is 333 g/mol. The number of hydrogen-bond donors (Lipinski definition) is 2. The number of carbonyl (C=O) groups is 2. The van der Waals surface area contributed by atoms with Crippen LogP contribution >= 0.6 is 15.9 Å². The van der Waals surface area contributed by atoms with E-state index in [1.165, 1.54) is 6.92 Å². The SMILES string of the molecule is CC(=O)Nc1cccc(NC(=O)c2cccc(Br)c2)c1. The zero-order chi connectivity index (χ0) is 14.5. The van der Waals surface area contributed by atoms with E-state index in [0.717, 1.165) is 4.47 Å². The van der Waals surface area contributed by atoms with E-state index in [0.29, 0.717) is 16.9 Å². The summed E-state index contributed by atoms with van der Waals surface area (Å²) in [6, 6.07) is 14.1. The molecule has 0 fully saturated rings. The minimum Gasteiger partial charge on any atom is -0.326 e. The van der Waals surface area contributed by atoms with Gasteiger partial charge in [-0.25, -0.2) is 0 Å². The van der Waals surface area contributed by atoms with Crippen LogP contribution in [0.15, 0.2) is 53.0 Å². The van der Waals surface area contributed by atoms with Crippen molar-refractivity contribution >= 4 is 39.1 Å². The van der Waals surface area contributed by atoms with Gasteiger partial charge in [-0.15, -0.1) is 0 Å². The number of nitrogens with one attached hydrogen (secondary N) is 2. The van der Waals surface area contributed by atoms with Gasteiger partial charge in [0.05, 0.1) is 0 Å². The molecule has 0 spiro atoms. The molecule has 0 radical (unpaired) electrons. The van der Waals surface area contributed by atoms with Crippen LogP contribution < -0.4 is 10.6 Å². The molecule has 2 amide bonds. The molecule has 0 saturated heterocycles. The Morgan fingerprint density at radius 1 is 0.950 bits per heavy atom. The van der Waals surface area contributed by atoms with Gasteiger partial charge in [0, 0.05) is 28.3 Å². The van der Waals surface area contributed by atoms with E-state index in [9.17, 15) is 9.59 Å². The van der Waals surface area contributed by atoms with Crippen molar-refractivity contribution in [3.05, 3.63) is 58.6 Å². The summed E-state index contributed by atoms with van der Waals surface area (Å²) in [7, 11) is 0. The van der Waals surface area contributed by atoms with Crippen molar-refractivity contribution in [3.8, 4) is 0 Å². The molecule has 0 aliphatic carbocycles. The third kappa shape index (κ3) is 3.93. The predicted octanol–water partition coefficient (Wildman–Crippen LogP) is 3.66. The molecular formula is C15H13BrN2O2. The summed E-state index contributed by atoms with van der Waals surface area (Å²) in [6.45, 7) is 1.44. The lowest BCUT2D eigenvalue weighted by atomic mass is 10.2. The van der Waals surface area contributed by atoms with Crippen LogP contribution in [-0.2, 0) is 4.79 Å². The third-order valence-corrected chi connectivity index (χ3v) is 3.02. The van der Waals surface area contributed by atoms with E-state index in [1.807, 2.05) is 6.07 Å². The van der Waals surface area contributed by atoms with Crippen molar-refractivity contribution in [2.45, 2.75) is 6.92 Å². The van der Waals surface area contributed by atoms with Crippen molar-refractivity contribution in [2.75, 3.05) is 10.6 Å². The molecule has 2 aromatic rings. The zero-order valence-corrected chi connectivity index (χ0v) is 12.4. The first-order valence-electron chi connectivity index (χ1n) is 5.99. The molecule has 0 aliphatic heterocycles. The number of anilines is 2. The summed E-state index contributed by atoms with van der Waals surface area (Å²) < 4.78 is 0.845. The van der Waals surface area contributed by atoms with Crippen molar-refractivity contribution in [2.24, 2.45) is 0 Å². The number of halogens is 1. The fourth-order valence-electron chi connectivity index (χ4n) is 1.71. The van der Waals surface area contributed by atoms with Crippen LogP contribution in [-0.4, -0.2) is 11.8 Å². The van der Waals surface area contributed by atoms with Crippen molar-refractivity contribution in [1.82, 2.24) is 0 Å². The van der Waals surface area contributed by atoms with Gasteiger partial charge in [-0.05, 0) is 36.4 Å². The third-order valence-electron chi connectivity index (χ3n) is 2.53. The van der Waals surface area contributed by atoms with E-state index >= 15 is 0 Å². The lowest BCUT2D eigenvalue weighted by molar-refractivity contribution is -0.114. The van der Waals surface area contributed by atoms with E-state index in [1.54, 1.807) is 42.5 Å². The van der Waals surface area contributed by atoms with Gasteiger partial charge >= 0.3 is 0 Å². The Balaban J connectivity index is 2.13. The maximum atomic E-state index is 12.1. The lowest BCUT2D eigenvalue weighted by Crippen LogP contribution is -2.12. The molecule has 102 valence electrons. The quantitative estimate of drug-likeness (QED) is 0.901. The molecule has 2 aromatic carbocycles. The van der Waals surface area contributed by atoms with Crippen LogP contribution in [0.25, 0.3) is 0 Å². The highest BCUT2D eigenvalue weighted by Gasteiger charge is 2.06. The summed E-state index contributed by atoms with van der Waals surface area (Å²) >= 11 is 3.33. The second-order valence-corrected chi connectivity index (χ2v) is 5.14. The number of benzene rings is 2. The molecule has 0 aliphatic rings. The van der Waals surface area contributed by atoms with Gasteiger partial charge in [0.2, 0.25) is 5.91 Å². The smallest absolute Gasteiger partial charge is 0.255 e. The summed E-state index contributed by atoms with van der Waals surface area (Å²) in [4.78, 5) is 23.1. The minimum atomic E-state index is -0.203.